The third-order valence-corrected chi connectivity index (χ3v) is 2.93. The molecule has 0 aromatic heterocycles. The molecule has 16 heavy (non-hydrogen) atoms. The number of benzene rings is 2. The summed E-state index contributed by atoms with van der Waals surface area (Å²) < 4.78 is -1.40. The van der Waals surface area contributed by atoms with E-state index in [1.165, 1.54) is 0 Å². The molecule has 0 aliphatic rings. The first-order valence-corrected chi connectivity index (χ1v) is 5.94. The van der Waals surface area contributed by atoms with E-state index in [9.17, 15) is 0 Å². The van der Waals surface area contributed by atoms with Gasteiger partial charge in [-0.15, -0.1) is 0 Å². The van der Waals surface area contributed by atoms with Crippen LogP contribution in [0.1, 0.15) is 5.56 Å². The van der Waals surface area contributed by atoms with Crippen molar-refractivity contribution in [1.82, 2.24) is 0 Å². The van der Waals surface area contributed by atoms with Crippen molar-refractivity contribution in [2.45, 2.75) is 3.79 Å². The SMILES string of the molecule is ClC(Cl)(Cl)c1ccccc1-c1ccccc1. The van der Waals surface area contributed by atoms with Crippen LogP contribution in [0.25, 0.3) is 11.1 Å². The minimum absolute atomic E-state index is 0.700. The van der Waals surface area contributed by atoms with Gasteiger partial charge in [-0.05, 0) is 11.1 Å². The molecule has 2 rings (SSSR count). The van der Waals surface area contributed by atoms with Gasteiger partial charge in [0.1, 0.15) is 0 Å². The predicted molar refractivity (Wildman–Crippen MR) is 71.1 cm³/mol. The predicted octanol–water partition coefficient (Wildman–Crippen LogP) is 5.18. The summed E-state index contributed by atoms with van der Waals surface area (Å²) in [6.07, 6.45) is 0. The molecule has 0 saturated heterocycles. The summed E-state index contributed by atoms with van der Waals surface area (Å²) in [5.74, 6) is 0. The first kappa shape index (κ1) is 11.8. The van der Waals surface area contributed by atoms with Crippen LogP contribution in [-0.4, -0.2) is 0 Å². The highest BCUT2D eigenvalue weighted by Gasteiger charge is 2.25. The van der Waals surface area contributed by atoms with Crippen LogP contribution in [0.5, 0.6) is 0 Å². The van der Waals surface area contributed by atoms with E-state index in [-0.39, 0.29) is 0 Å². The lowest BCUT2D eigenvalue weighted by Crippen LogP contribution is -2.02. The molecule has 0 bridgehead atoms. The highest BCUT2D eigenvalue weighted by atomic mass is 35.6. The zero-order valence-electron chi connectivity index (χ0n) is 8.33. The zero-order chi connectivity index (χ0) is 11.6. The van der Waals surface area contributed by atoms with Gasteiger partial charge in [-0.25, -0.2) is 0 Å². The quantitative estimate of drug-likeness (QED) is 0.627. The first-order chi connectivity index (χ1) is 7.59. The van der Waals surface area contributed by atoms with E-state index in [1.807, 2.05) is 54.6 Å². The Bertz CT molecular complexity index is 472. The zero-order valence-corrected chi connectivity index (χ0v) is 10.6. The Morgan fingerprint density at radius 1 is 0.688 bits per heavy atom. The Hall–Kier alpha value is -0.690. The van der Waals surface area contributed by atoms with Gasteiger partial charge in [0.25, 0.3) is 0 Å². The fourth-order valence-electron chi connectivity index (χ4n) is 1.60. The molecular weight excluding hydrogens is 263 g/mol. The normalized spacial score (nSPS) is 11.4. The summed E-state index contributed by atoms with van der Waals surface area (Å²) in [6.45, 7) is 0. The smallest absolute Gasteiger partial charge is 0.0784 e. The fourth-order valence-corrected chi connectivity index (χ4v) is 2.09. The minimum Gasteiger partial charge on any atom is -0.0784 e. The van der Waals surface area contributed by atoms with E-state index in [1.54, 1.807) is 0 Å². The number of hydrogen-bond acceptors (Lipinski definition) is 0. The van der Waals surface area contributed by atoms with Crippen LogP contribution in [0.15, 0.2) is 54.6 Å². The fraction of sp³-hybridized carbons (Fsp3) is 0.0769. The van der Waals surface area contributed by atoms with Gasteiger partial charge in [0.15, 0.2) is 0 Å². The number of halogens is 3. The first-order valence-electron chi connectivity index (χ1n) is 4.80. The summed E-state index contributed by atoms with van der Waals surface area (Å²) in [5.41, 5.74) is 2.69. The molecule has 0 atom stereocenters. The van der Waals surface area contributed by atoms with Gasteiger partial charge >= 0.3 is 0 Å². The van der Waals surface area contributed by atoms with Crippen LogP contribution < -0.4 is 0 Å². The van der Waals surface area contributed by atoms with Gasteiger partial charge in [0.2, 0.25) is 3.79 Å². The number of hydrogen-bond donors (Lipinski definition) is 0. The second-order valence-electron chi connectivity index (χ2n) is 3.41. The molecule has 82 valence electrons. The summed E-state index contributed by atoms with van der Waals surface area (Å²) in [5, 5.41) is 0. The second-order valence-corrected chi connectivity index (χ2v) is 5.69. The molecule has 0 fully saturated rings. The minimum atomic E-state index is -1.40. The maximum atomic E-state index is 5.94. The van der Waals surface area contributed by atoms with Crippen molar-refractivity contribution in [3.63, 3.8) is 0 Å². The van der Waals surface area contributed by atoms with Crippen molar-refractivity contribution in [3.05, 3.63) is 60.2 Å². The lowest BCUT2D eigenvalue weighted by Gasteiger charge is -2.16. The molecule has 0 spiro atoms. The third-order valence-electron chi connectivity index (χ3n) is 2.32. The van der Waals surface area contributed by atoms with Gasteiger partial charge < -0.3 is 0 Å². The van der Waals surface area contributed by atoms with Crippen LogP contribution in [0.4, 0.5) is 0 Å². The Kier molecular flexibility index (Phi) is 3.44. The van der Waals surface area contributed by atoms with Gasteiger partial charge in [-0.1, -0.05) is 89.4 Å². The maximum absolute atomic E-state index is 5.94. The highest BCUT2D eigenvalue weighted by Crippen LogP contribution is 2.42. The standard InChI is InChI=1S/C13H9Cl3/c14-13(15,16)12-9-5-4-8-11(12)10-6-2-1-3-7-10/h1-9H. The largest absolute Gasteiger partial charge is 0.216 e. The van der Waals surface area contributed by atoms with Crippen LogP contribution >= 0.6 is 34.8 Å². The van der Waals surface area contributed by atoms with Crippen LogP contribution in [0.2, 0.25) is 0 Å². The molecule has 0 N–H and O–H groups in total. The molecule has 0 heterocycles. The van der Waals surface area contributed by atoms with E-state index in [0.29, 0.717) is 5.56 Å². The van der Waals surface area contributed by atoms with E-state index < -0.39 is 3.79 Å². The van der Waals surface area contributed by atoms with Crippen molar-refractivity contribution in [1.29, 1.82) is 0 Å². The van der Waals surface area contributed by atoms with Crippen LogP contribution in [0, 0.1) is 0 Å². The van der Waals surface area contributed by atoms with Crippen molar-refractivity contribution in [2.75, 3.05) is 0 Å². The van der Waals surface area contributed by atoms with Gasteiger partial charge in [-0.2, -0.15) is 0 Å². The lowest BCUT2D eigenvalue weighted by atomic mass is 10.0. The monoisotopic (exact) mass is 270 g/mol. The topological polar surface area (TPSA) is 0 Å². The van der Waals surface area contributed by atoms with Crippen molar-refractivity contribution in [2.24, 2.45) is 0 Å². The highest BCUT2D eigenvalue weighted by molar-refractivity contribution is 6.67. The van der Waals surface area contributed by atoms with Crippen LogP contribution in [0.3, 0.4) is 0 Å². The molecule has 0 aliphatic heterocycles. The molecular formula is C13H9Cl3. The van der Waals surface area contributed by atoms with Gasteiger partial charge in [0.05, 0.1) is 0 Å². The van der Waals surface area contributed by atoms with Gasteiger partial charge in [0, 0.05) is 5.56 Å². The molecule has 0 aliphatic carbocycles. The molecule has 2 aromatic rings. The summed E-state index contributed by atoms with van der Waals surface area (Å²) >= 11 is 17.8. The van der Waals surface area contributed by atoms with E-state index in [2.05, 4.69) is 0 Å². The molecule has 0 nitrogen and oxygen atoms in total. The Morgan fingerprint density at radius 2 is 1.25 bits per heavy atom. The molecule has 0 radical (unpaired) electrons. The summed E-state index contributed by atoms with van der Waals surface area (Å²) in [7, 11) is 0. The van der Waals surface area contributed by atoms with Gasteiger partial charge in [-0.3, -0.25) is 0 Å². The van der Waals surface area contributed by atoms with Crippen molar-refractivity contribution < 1.29 is 0 Å². The summed E-state index contributed by atoms with van der Waals surface area (Å²) in [6, 6.07) is 17.5. The molecule has 3 heteroatoms. The summed E-state index contributed by atoms with van der Waals surface area (Å²) in [4.78, 5) is 0. The Balaban J connectivity index is 2.58. The van der Waals surface area contributed by atoms with Crippen LogP contribution in [-0.2, 0) is 3.79 Å². The molecule has 2 aromatic carbocycles. The molecule has 0 unspecified atom stereocenters. The Labute approximate surface area is 110 Å². The molecule has 0 amide bonds. The third kappa shape index (κ3) is 2.52. The average molecular weight is 272 g/mol. The average Bonchev–Trinajstić information content (AvgIpc) is 2.29. The maximum Gasteiger partial charge on any atom is 0.216 e. The van der Waals surface area contributed by atoms with Crippen molar-refractivity contribution in [3.8, 4) is 11.1 Å². The van der Waals surface area contributed by atoms with E-state index in [0.717, 1.165) is 11.1 Å². The van der Waals surface area contributed by atoms with E-state index in [4.69, 9.17) is 34.8 Å². The van der Waals surface area contributed by atoms with Crippen molar-refractivity contribution >= 4 is 34.8 Å². The molecule has 0 saturated carbocycles. The Morgan fingerprint density at radius 3 is 1.88 bits per heavy atom. The van der Waals surface area contributed by atoms with E-state index >= 15 is 0 Å². The second kappa shape index (κ2) is 4.67. The lowest BCUT2D eigenvalue weighted by molar-refractivity contribution is 1.24. The number of alkyl halides is 3. The number of rotatable bonds is 1.